The molecule has 10 heteroatoms. The molecule has 0 aliphatic carbocycles. The zero-order valence-corrected chi connectivity index (χ0v) is 16.8. The average Bonchev–Trinajstić information content (AvgIpc) is 3.04. The van der Waals surface area contributed by atoms with Crippen LogP contribution in [-0.4, -0.2) is 15.7 Å². The van der Waals surface area contributed by atoms with E-state index in [9.17, 15) is 22.8 Å². The van der Waals surface area contributed by atoms with Crippen molar-refractivity contribution in [3.63, 3.8) is 0 Å². The highest BCUT2D eigenvalue weighted by Gasteiger charge is 2.30. The van der Waals surface area contributed by atoms with Crippen LogP contribution in [0.2, 0.25) is 0 Å². The first-order valence-electron chi connectivity index (χ1n) is 7.95. The highest BCUT2D eigenvalue weighted by Crippen LogP contribution is 2.30. The number of rotatable bonds is 4. The molecule has 0 unspecified atom stereocenters. The quantitative estimate of drug-likeness (QED) is 0.616. The van der Waals surface area contributed by atoms with Gasteiger partial charge in [0.05, 0.1) is 17.8 Å². The van der Waals surface area contributed by atoms with Crippen molar-refractivity contribution in [3.8, 4) is 5.69 Å². The molecule has 3 aromatic rings. The second-order valence-corrected chi connectivity index (χ2v) is 7.78. The van der Waals surface area contributed by atoms with Crippen LogP contribution in [0.4, 0.5) is 13.2 Å². The molecule has 2 heterocycles. The van der Waals surface area contributed by atoms with Crippen LogP contribution in [0.25, 0.3) is 5.69 Å². The fourth-order valence-electron chi connectivity index (χ4n) is 2.48. The fraction of sp³-hybridized carbons (Fsp3) is 0.167. The number of thiophene rings is 1. The fourth-order valence-corrected chi connectivity index (χ4v) is 3.87. The predicted octanol–water partition coefficient (Wildman–Crippen LogP) is 4.31. The summed E-state index contributed by atoms with van der Waals surface area (Å²) in [5.41, 5.74) is -1.44. The molecule has 28 heavy (non-hydrogen) atoms. The van der Waals surface area contributed by atoms with E-state index in [0.717, 1.165) is 26.2 Å². The molecule has 0 spiro atoms. The first-order valence-corrected chi connectivity index (χ1v) is 9.62. The third kappa shape index (κ3) is 4.50. The van der Waals surface area contributed by atoms with E-state index in [4.69, 9.17) is 0 Å². The van der Waals surface area contributed by atoms with Crippen LogP contribution in [0.3, 0.4) is 0 Å². The Labute approximate surface area is 170 Å². The molecule has 0 fully saturated rings. The molecule has 0 saturated carbocycles. The lowest BCUT2D eigenvalue weighted by molar-refractivity contribution is -0.137. The SMILES string of the molecule is Cc1cc(=O)c(C(=O)NCc2cc(Br)cs2)nn1-c1cccc(C(F)(F)F)c1. The number of amides is 1. The maximum Gasteiger partial charge on any atom is 0.416 e. The van der Waals surface area contributed by atoms with Crippen LogP contribution < -0.4 is 10.7 Å². The van der Waals surface area contributed by atoms with Crippen molar-refractivity contribution in [2.45, 2.75) is 19.6 Å². The van der Waals surface area contributed by atoms with E-state index in [1.54, 1.807) is 0 Å². The number of alkyl halides is 3. The molecule has 1 aromatic carbocycles. The van der Waals surface area contributed by atoms with Gasteiger partial charge in [-0.1, -0.05) is 6.07 Å². The van der Waals surface area contributed by atoms with Gasteiger partial charge in [-0.15, -0.1) is 11.3 Å². The Morgan fingerprint density at radius 1 is 1.29 bits per heavy atom. The van der Waals surface area contributed by atoms with Gasteiger partial charge in [0.1, 0.15) is 0 Å². The van der Waals surface area contributed by atoms with Crippen LogP contribution in [-0.2, 0) is 12.7 Å². The topological polar surface area (TPSA) is 64.0 Å². The minimum Gasteiger partial charge on any atom is -0.346 e. The minimum absolute atomic E-state index is 0.101. The summed E-state index contributed by atoms with van der Waals surface area (Å²) in [7, 11) is 0. The molecular formula is C18H13BrF3N3O2S. The van der Waals surface area contributed by atoms with Crippen molar-refractivity contribution in [2.75, 3.05) is 0 Å². The molecule has 146 valence electrons. The lowest BCUT2D eigenvalue weighted by Gasteiger charge is -2.13. The maximum absolute atomic E-state index is 13.0. The number of aromatic nitrogens is 2. The Hall–Kier alpha value is -2.46. The van der Waals surface area contributed by atoms with Crippen LogP contribution >= 0.6 is 27.3 Å². The van der Waals surface area contributed by atoms with Crippen LogP contribution in [0, 0.1) is 6.92 Å². The monoisotopic (exact) mass is 471 g/mol. The summed E-state index contributed by atoms with van der Waals surface area (Å²) in [6, 6.07) is 7.51. The number of carbonyl (C=O) groups is 1. The van der Waals surface area contributed by atoms with Crippen molar-refractivity contribution in [3.05, 3.63) is 78.3 Å². The van der Waals surface area contributed by atoms with Gasteiger partial charge in [-0.3, -0.25) is 9.59 Å². The number of aryl methyl sites for hydroxylation is 1. The van der Waals surface area contributed by atoms with E-state index in [1.165, 1.54) is 36.5 Å². The van der Waals surface area contributed by atoms with Gasteiger partial charge >= 0.3 is 6.18 Å². The van der Waals surface area contributed by atoms with Gasteiger partial charge in [-0.05, 0) is 47.1 Å². The highest BCUT2D eigenvalue weighted by atomic mass is 79.9. The normalized spacial score (nSPS) is 11.5. The number of nitrogens with zero attached hydrogens (tertiary/aromatic N) is 2. The van der Waals surface area contributed by atoms with E-state index in [2.05, 4.69) is 26.3 Å². The Kier molecular flexibility index (Phi) is 5.71. The third-order valence-corrected chi connectivity index (χ3v) is 5.48. The standard InChI is InChI=1S/C18H13BrF3N3O2S/c1-10-5-15(26)16(17(27)23-8-14-7-12(19)9-28-14)24-25(10)13-4-2-3-11(6-13)18(20,21)22/h2-7,9H,8H2,1H3,(H,23,27). The number of hydrogen-bond donors (Lipinski definition) is 1. The Morgan fingerprint density at radius 2 is 2.04 bits per heavy atom. The Morgan fingerprint density at radius 3 is 2.68 bits per heavy atom. The van der Waals surface area contributed by atoms with Gasteiger partial charge in [0.15, 0.2) is 5.69 Å². The molecule has 1 amide bonds. The highest BCUT2D eigenvalue weighted by molar-refractivity contribution is 9.10. The number of benzene rings is 1. The first kappa shape index (κ1) is 20.3. The van der Waals surface area contributed by atoms with E-state index < -0.39 is 28.8 Å². The largest absolute Gasteiger partial charge is 0.416 e. The van der Waals surface area contributed by atoms with E-state index in [-0.39, 0.29) is 12.2 Å². The molecule has 0 radical (unpaired) electrons. The molecule has 0 bridgehead atoms. The van der Waals surface area contributed by atoms with Crippen LogP contribution in [0.15, 0.2) is 51.0 Å². The summed E-state index contributed by atoms with van der Waals surface area (Å²) in [5.74, 6) is -0.699. The predicted molar refractivity (Wildman–Crippen MR) is 103 cm³/mol. The van der Waals surface area contributed by atoms with Crippen molar-refractivity contribution in [1.29, 1.82) is 0 Å². The number of carbonyl (C=O) groups excluding carboxylic acids is 1. The molecule has 2 aromatic heterocycles. The van der Waals surface area contributed by atoms with Gasteiger partial charge in [0, 0.05) is 26.5 Å². The lowest BCUT2D eigenvalue weighted by Crippen LogP contribution is -2.31. The zero-order valence-electron chi connectivity index (χ0n) is 14.4. The second kappa shape index (κ2) is 7.88. The van der Waals surface area contributed by atoms with Gasteiger partial charge in [-0.25, -0.2) is 4.68 Å². The van der Waals surface area contributed by atoms with Crippen LogP contribution in [0.5, 0.6) is 0 Å². The van der Waals surface area contributed by atoms with E-state index >= 15 is 0 Å². The summed E-state index contributed by atoms with van der Waals surface area (Å²) < 4.78 is 40.9. The molecule has 1 N–H and O–H groups in total. The van der Waals surface area contributed by atoms with Gasteiger partial charge < -0.3 is 5.32 Å². The van der Waals surface area contributed by atoms with Gasteiger partial charge in [-0.2, -0.15) is 18.3 Å². The molecule has 3 rings (SSSR count). The zero-order chi connectivity index (χ0) is 20.5. The second-order valence-electron chi connectivity index (χ2n) is 5.87. The lowest BCUT2D eigenvalue weighted by atomic mass is 10.2. The van der Waals surface area contributed by atoms with Gasteiger partial charge in [0.25, 0.3) is 5.91 Å². The van der Waals surface area contributed by atoms with Crippen molar-refractivity contribution < 1.29 is 18.0 Å². The first-order chi connectivity index (χ1) is 13.1. The molecule has 0 aliphatic heterocycles. The minimum atomic E-state index is -4.52. The van der Waals surface area contributed by atoms with Crippen LogP contribution in [0.1, 0.15) is 26.6 Å². The summed E-state index contributed by atoms with van der Waals surface area (Å²) in [5, 5.41) is 8.45. The molecule has 0 aliphatic rings. The van der Waals surface area contributed by atoms with Gasteiger partial charge in [0.2, 0.25) is 5.43 Å². The van der Waals surface area contributed by atoms with E-state index in [1.807, 2.05) is 11.4 Å². The Balaban J connectivity index is 1.92. The van der Waals surface area contributed by atoms with Crippen molar-refractivity contribution >= 4 is 33.2 Å². The summed E-state index contributed by atoms with van der Waals surface area (Å²) >= 11 is 4.74. The number of hydrogen-bond acceptors (Lipinski definition) is 4. The smallest absolute Gasteiger partial charge is 0.346 e. The molecule has 5 nitrogen and oxygen atoms in total. The number of nitrogens with one attached hydrogen (secondary N) is 1. The average molecular weight is 472 g/mol. The maximum atomic E-state index is 13.0. The number of halogens is 4. The van der Waals surface area contributed by atoms with Crippen molar-refractivity contribution in [1.82, 2.24) is 15.1 Å². The van der Waals surface area contributed by atoms with E-state index in [0.29, 0.717) is 5.69 Å². The summed E-state index contributed by atoms with van der Waals surface area (Å²) in [6.07, 6.45) is -4.52. The summed E-state index contributed by atoms with van der Waals surface area (Å²) in [6.45, 7) is 1.73. The third-order valence-electron chi connectivity index (χ3n) is 3.79. The molecule has 0 saturated heterocycles. The summed E-state index contributed by atoms with van der Waals surface area (Å²) in [4.78, 5) is 25.4. The Bertz CT molecular complexity index is 1090. The molecule has 0 atom stereocenters. The molecular weight excluding hydrogens is 459 g/mol. The van der Waals surface area contributed by atoms with Crippen molar-refractivity contribution in [2.24, 2.45) is 0 Å².